The maximum Gasteiger partial charge on any atom is 0.316 e. The number of carbonyl (C=O) groups excluding carboxylic acids is 2. The van der Waals surface area contributed by atoms with E-state index >= 15 is 0 Å². The molecule has 3 aliphatic carbocycles. The molecule has 172 valence electrons. The minimum absolute atomic E-state index is 0.153. The predicted octanol–water partition coefficient (Wildman–Crippen LogP) is 7.12. The van der Waals surface area contributed by atoms with Crippen LogP contribution in [0.5, 0.6) is 0 Å². The molecule has 3 aliphatic rings. The van der Waals surface area contributed by atoms with Crippen molar-refractivity contribution in [3.05, 3.63) is 0 Å². The monoisotopic (exact) mass is 418 g/mol. The van der Waals surface area contributed by atoms with Gasteiger partial charge in [0.15, 0.2) is 0 Å². The number of esters is 1. The third kappa shape index (κ3) is 6.57. The van der Waals surface area contributed by atoms with Gasteiger partial charge in [0.25, 0.3) is 0 Å². The highest BCUT2D eigenvalue weighted by Gasteiger charge is 2.39. The van der Waals surface area contributed by atoms with Gasteiger partial charge in [0.1, 0.15) is 11.7 Å². The molecule has 0 aromatic rings. The molecule has 0 aromatic heterocycles. The predicted molar refractivity (Wildman–Crippen MR) is 122 cm³/mol. The summed E-state index contributed by atoms with van der Waals surface area (Å²) in [5.41, 5.74) is 0. The van der Waals surface area contributed by atoms with Gasteiger partial charge >= 0.3 is 5.97 Å². The second-order valence-electron chi connectivity index (χ2n) is 10.7. The Morgan fingerprint density at radius 3 is 1.87 bits per heavy atom. The fourth-order valence-corrected chi connectivity index (χ4v) is 6.64. The molecule has 3 nitrogen and oxygen atoms in total. The second-order valence-corrected chi connectivity index (χ2v) is 10.7. The highest BCUT2D eigenvalue weighted by atomic mass is 16.5. The molecular weight excluding hydrogens is 372 g/mol. The number of ether oxygens (including phenoxy) is 1. The topological polar surface area (TPSA) is 43.4 Å². The van der Waals surface area contributed by atoms with Gasteiger partial charge in [-0.3, -0.25) is 9.59 Å². The van der Waals surface area contributed by atoms with Crippen LogP contribution in [-0.4, -0.2) is 18.4 Å². The van der Waals surface area contributed by atoms with Crippen molar-refractivity contribution in [1.29, 1.82) is 0 Å². The Balaban J connectivity index is 1.37. The van der Waals surface area contributed by atoms with E-state index < -0.39 is 5.92 Å². The molecule has 0 amide bonds. The van der Waals surface area contributed by atoms with E-state index in [1.165, 1.54) is 70.6 Å². The van der Waals surface area contributed by atoms with Crippen LogP contribution in [0.1, 0.15) is 117 Å². The van der Waals surface area contributed by atoms with Crippen molar-refractivity contribution < 1.29 is 14.3 Å². The summed E-state index contributed by atoms with van der Waals surface area (Å²) in [4.78, 5) is 24.9. The van der Waals surface area contributed by atoms with Gasteiger partial charge in [-0.25, -0.2) is 0 Å². The van der Waals surface area contributed by atoms with E-state index in [4.69, 9.17) is 4.74 Å². The molecular formula is C27H46O3. The molecule has 2 unspecified atom stereocenters. The minimum atomic E-state index is -0.475. The van der Waals surface area contributed by atoms with Crippen LogP contribution in [0.25, 0.3) is 0 Å². The summed E-state index contributed by atoms with van der Waals surface area (Å²) in [5.74, 6) is 3.56. The zero-order valence-electron chi connectivity index (χ0n) is 19.7. The Kier molecular flexibility index (Phi) is 9.71. The number of hydrogen-bond acceptors (Lipinski definition) is 3. The van der Waals surface area contributed by atoms with Crippen molar-refractivity contribution in [2.75, 3.05) is 6.61 Å². The summed E-state index contributed by atoms with van der Waals surface area (Å²) in [7, 11) is 0. The van der Waals surface area contributed by atoms with Gasteiger partial charge in [-0.2, -0.15) is 0 Å². The lowest BCUT2D eigenvalue weighted by Gasteiger charge is -2.41. The van der Waals surface area contributed by atoms with Gasteiger partial charge in [-0.15, -0.1) is 0 Å². The van der Waals surface area contributed by atoms with Gasteiger partial charge in [-0.05, 0) is 87.4 Å². The smallest absolute Gasteiger partial charge is 0.316 e. The fourth-order valence-electron chi connectivity index (χ4n) is 6.64. The number of Topliss-reactive ketones (excluding diaryl/α,β-unsaturated/α-hetero) is 1. The van der Waals surface area contributed by atoms with Crippen molar-refractivity contribution >= 4 is 11.8 Å². The highest BCUT2D eigenvalue weighted by molar-refractivity contribution is 5.99. The lowest BCUT2D eigenvalue weighted by molar-refractivity contribution is -0.154. The first kappa shape index (κ1) is 23.8. The van der Waals surface area contributed by atoms with Gasteiger partial charge in [0.2, 0.25) is 0 Å². The average Bonchev–Trinajstić information content (AvgIpc) is 2.78. The number of hydrogen-bond donors (Lipinski definition) is 0. The van der Waals surface area contributed by atoms with Gasteiger partial charge < -0.3 is 4.74 Å². The van der Waals surface area contributed by atoms with E-state index in [9.17, 15) is 9.59 Å². The molecule has 0 N–H and O–H groups in total. The molecule has 0 aromatic carbocycles. The molecule has 3 rings (SSSR count). The third-order valence-electron chi connectivity index (χ3n) is 8.71. The Bertz CT molecular complexity index is 526. The first-order valence-corrected chi connectivity index (χ1v) is 13.3. The van der Waals surface area contributed by atoms with E-state index in [0.717, 1.165) is 43.4 Å². The lowest BCUT2D eigenvalue weighted by Crippen LogP contribution is -2.36. The summed E-state index contributed by atoms with van der Waals surface area (Å²) < 4.78 is 5.32. The standard InChI is InChI=1S/C27H46O3/c1-3-5-7-20-8-10-21(11-9-20)22-12-14-23(15-13-22)24-16-17-25(26(28)19-24)27(29)30-18-6-4-2/h20-25H,3-19H2,1-2H3/t20-,21-,22?,23?,24?,25?. The first-order chi connectivity index (χ1) is 14.6. The number of carbonyl (C=O) groups is 2. The summed E-state index contributed by atoms with van der Waals surface area (Å²) in [5, 5.41) is 0. The van der Waals surface area contributed by atoms with Crippen molar-refractivity contribution in [1.82, 2.24) is 0 Å². The Morgan fingerprint density at radius 1 is 0.767 bits per heavy atom. The molecule has 0 aliphatic heterocycles. The molecule has 0 bridgehead atoms. The second kappa shape index (κ2) is 12.2. The molecule has 0 spiro atoms. The normalized spacial score (nSPS) is 35.2. The summed E-state index contributed by atoms with van der Waals surface area (Å²) in [6.07, 6.45) is 19.7. The maximum atomic E-state index is 12.6. The SMILES string of the molecule is CCCCOC(=O)C1CCC(C2CCC([C@H]3CC[C@H](CCCC)CC3)CC2)CC1=O. The Hall–Kier alpha value is -0.860. The van der Waals surface area contributed by atoms with E-state index in [2.05, 4.69) is 13.8 Å². The zero-order chi connectivity index (χ0) is 21.3. The van der Waals surface area contributed by atoms with E-state index in [1.807, 2.05) is 0 Å². The van der Waals surface area contributed by atoms with E-state index in [0.29, 0.717) is 24.9 Å². The molecule has 3 heteroatoms. The largest absolute Gasteiger partial charge is 0.465 e. The van der Waals surface area contributed by atoms with Crippen molar-refractivity contribution in [2.24, 2.45) is 35.5 Å². The molecule has 30 heavy (non-hydrogen) atoms. The Morgan fingerprint density at radius 2 is 1.30 bits per heavy atom. The quantitative estimate of drug-likeness (QED) is 0.227. The number of ketones is 1. The minimum Gasteiger partial charge on any atom is -0.465 e. The summed E-state index contributed by atoms with van der Waals surface area (Å²) in [6, 6.07) is 0. The van der Waals surface area contributed by atoms with Crippen molar-refractivity contribution in [3.63, 3.8) is 0 Å². The highest BCUT2D eigenvalue weighted by Crippen LogP contribution is 2.46. The molecule has 0 heterocycles. The molecule has 0 radical (unpaired) electrons. The summed E-state index contributed by atoms with van der Waals surface area (Å²) in [6.45, 7) is 4.86. The van der Waals surface area contributed by atoms with Crippen LogP contribution < -0.4 is 0 Å². The first-order valence-electron chi connectivity index (χ1n) is 13.3. The molecule has 2 atom stereocenters. The molecule has 3 fully saturated rings. The summed E-state index contributed by atoms with van der Waals surface area (Å²) >= 11 is 0. The van der Waals surface area contributed by atoms with Gasteiger partial charge in [0.05, 0.1) is 6.61 Å². The van der Waals surface area contributed by atoms with Crippen LogP contribution >= 0.6 is 0 Å². The van der Waals surface area contributed by atoms with E-state index in [-0.39, 0.29) is 11.8 Å². The average molecular weight is 419 g/mol. The number of rotatable bonds is 9. The molecule has 0 saturated heterocycles. The van der Waals surface area contributed by atoms with Crippen LogP contribution in [0.3, 0.4) is 0 Å². The maximum absolute atomic E-state index is 12.6. The van der Waals surface area contributed by atoms with Gasteiger partial charge in [-0.1, -0.05) is 52.4 Å². The Labute approximate surface area is 185 Å². The van der Waals surface area contributed by atoms with E-state index in [1.54, 1.807) is 0 Å². The van der Waals surface area contributed by atoms with Crippen LogP contribution in [0.15, 0.2) is 0 Å². The van der Waals surface area contributed by atoms with Gasteiger partial charge in [0, 0.05) is 6.42 Å². The number of unbranched alkanes of at least 4 members (excludes halogenated alkanes) is 2. The van der Waals surface area contributed by atoms with Crippen LogP contribution in [0, 0.1) is 35.5 Å². The molecule has 3 saturated carbocycles. The van der Waals surface area contributed by atoms with Crippen LogP contribution in [-0.2, 0) is 14.3 Å². The zero-order valence-corrected chi connectivity index (χ0v) is 19.7. The van der Waals surface area contributed by atoms with Crippen molar-refractivity contribution in [3.8, 4) is 0 Å². The van der Waals surface area contributed by atoms with Crippen molar-refractivity contribution in [2.45, 2.75) is 117 Å². The third-order valence-corrected chi connectivity index (χ3v) is 8.71. The fraction of sp³-hybridized carbons (Fsp3) is 0.926. The van der Waals surface area contributed by atoms with Crippen LogP contribution in [0.4, 0.5) is 0 Å². The lowest BCUT2D eigenvalue weighted by atomic mass is 9.64. The van der Waals surface area contributed by atoms with Crippen LogP contribution in [0.2, 0.25) is 0 Å².